The van der Waals surface area contributed by atoms with Crippen LogP contribution >= 0.6 is 0 Å². The highest BCUT2D eigenvalue weighted by Gasteiger charge is 2.16. The van der Waals surface area contributed by atoms with Gasteiger partial charge in [-0.05, 0) is 39.0 Å². The van der Waals surface area contributed by atoms with E-state index in [4.69, 9.17) is 25.7 Å². The van der Waals surface area contributed by atoms with Gasteiger partial charge in [0.2, 0.25) is 5.95 Å². The van der Waals surface area contributed by atoms with Gasteiger partial charge < -0.3 is 25.7 Å². The Morgan fingerprint density at radius 2 is 1.96 bits per heavy atom. The SMILES string of the molecule is CCOc1cc(-c2nc(N)nc(N)c2C#N)ccc1OCC(=O)OC(C)C. The van der Waals surface area contributed by atoms with E-state index in [1.165, 1.54) is 0 Å². The van der Waals surface area contributed by atoms with Crippen molar-refractivity contribution in [2.24, 2.45) is 0 Å². The van der Waals surface area contributed by atoms with Crippen LogP contribution in [0.2, 0.25) is 0 Å². The number of nitriles is 1. The molecule has 1 heterocycles. The lowest BCUT2D eigenvalue weighted by molar-refractivity contribution is -0.149. The van der Waals surface area contributed by atoms with Gasteiger partial charge in [0.25, 0.3) is 0 Å². The maximum Gasteiger partial charge on any atom is 0.344 e. The third kappa shape index (κ3) is 4.98. The predicted molar refractivity (Wildman–Crippen MR) is 98.9 cm³/mol. The summed E-state index contributed by atoms with van der Waals surface area (Å²) in [5, 5.41) is 9.34. The van der Waals surface area contributed by atoms with Gasteiger partial charge in [-0.25, -0.2) is 9.78 Å². The number of ether oxygens (including phenoxy) is 3. The maximum atomic E-state index is 11.7. The third-order valence-corrected chi connectivity index (χ3v) is 3.30. The van der Waals surface area contributed by atoms with E-state index in [0.717, 1.165) is 0 Å². The molecule has 0 radical (unpaired) electrons. The molecule has 2 rings (SSSR count). The molecule has 0 unspecified atom stereocenters. The summed E-state index contributed by atoms with van der Waals surface area (Å²) in [6.45, 7) is 5.43. The molecule has 0 fully saturated rings. The molecule has 27 heavy (non-hydrogen) atoms. The lowest BCUT2D eigenvalue weighted by Crippen LogP contribution is -2.19. The molecule has 9 nitrogen and oxygen atoms in total. The summed E-state index contributed by atoms with van der Waals surface area (Å²) in [5.41, 5.74) is 12.4. The second-order valence-corrected chi connectivity index (χ2v) is 5.72. The number of nitrogen functional groups attached to an aromatic ring is 2. The van der Waals surface area contributed by atoms with Crippen LogP contribution in [0.3, 0.4) is 0 Å². The Balaban J connectivity index is 2.36. The lowest BCUT2D eigenvalue weighted by atomic mass is 10.1. The lowest BCUT2D eigenvalue weighted by Gasteiger charge is -2.14. The van der Waals surface area contributed by atoms with Crippen molar-refractivity contribution >= 4 is 17.7 Å². The highest BCUT2D eigenvalue weighted by atomic mass is 16.6. The quantitative estimate of drug-likeness (QED) is 0.696. The summed E-state index contributed by atoms with van der Waals surface area (Å²) in [6, 6.07) is 6.88. The summed E-state index contributed by atoms with van der Waals surface area (Å²) < 4.78 is 16.1. The first-order chi connectivity index (χ1) is 12.8. The van der Waals surface area contributed by atoms with Gasteiger partial charge in [0.1, 0.15) is 17.5 Å². The van der Waals surface area contributed by atoms with Crippen LogP contribution in [-0.2, 0) is 9.53 Å². The highest BCUT2D eigenvalue weighted by molar-refractivity contribution is 5.75. The van der Waals surface area contributed by atoms with E-state index < -0.39 is 5.97 Å². The zero-order valence-electron chi connectivity index (χ0n) is 15.4. The fraction of sp³-hybridized carbons (Fsp3) is 0.333. The molecule has 0 atom stereocenters. The molecule has 4 N–H and O–H groups in total. The largest absolute Gasteiger partial charge is 0.490 e. The summed E-state index contributed by atoms with van der Waals surface area (Å²) in [6.07, 6.45) is -0.229. The summed E-state index contributed by atoms with van der Waals surface area (Å²) >= 11 is 0. The molecular formula is C18H21N5O4. The van der Waals surface area contributed by atoms with Crippen molar-refractivity contribution in [3.05, 3.63) is 23.8 Å². The molecule has 0 amide bonds. The number of carbonyl (C=O) groups excluding carboxylic acids is 1. The first-order valence-corrected chi connectivity index (χ1v) is 8.28. The molecule has 0 bridgehead atoms. The second kappa shape index (κ2) is 8.71. The molecule has 2 aromatic rings. The zero-order chi connectivity index (χ0) is 20.0. The number of hydrogen-bond acceptors (Lipinski definition) is 9. The van der Waals surface area contributed by atoms with Crippen molar-refractivity contribution in [3.8, 4) is 28.8 Å². The molecule has 9 heteroatoms. The monoisotopic (exact) mass is 371 g/mol. The fourth-order valence-corrected chi connectivity index (χ4v) is 2.29. The van der Waals surface area contributed by atoms with Crippen molar-refractivity contribution in [2.75, 3.05) is 24.7 Å². The Morgan fingerprint density at radius 3 is 2.59 bits per heavy atom. The van der Waals surface area contributed by atoms with E-state index in [0.29, 0.717) is 23.7 Å². The number of esters is 1. The number of aromatic nitrogens is 2. The summed E-state index contributed by atoms with van der Waals surface area (Å²) in [5.74, 6) is 0.201. The van der Waals surface area contributed by atoms with Crippen LogP contribution < -0.4 is 20.9 Å². The molecule has 0 spiro atoms. The van der Waals surface area contributed by atoms with E-state index in [2.05, 4.69) is 9.97 Å². The maximum absolute atomic E-state index is 11.7. The van der Waals surface area contributed by atoms with Gasteiger partial charge in [0, 0.05) is 5.56 Å². The number of hydrogen-bond donors (Lipinski definition) is 2. The van der Waals surface area contributed by atoms with Crippen molar-refractivity contribution in [1.29, 1.82) is 5.26 Å². The smallest absolute Gasteiger partial charge is 0.344 e. The minimum atomic E-state index is -0.486. The zero-order valence-corrected chi connectivity index (χ0v) is 15.4. The van der Waals surface area contributed by atoms with E-state index in [-0.39, 0.29) is 35.7 Å². The topological polar surface area (TPSA) is 146 Å². The first kappa shape index (κ1) is 19.8. The fourth-order valence-electron chi connectivity index (χ4n) is 2.29. The van der Waals surface area contributed by atoms with E-state index in [1.54, 1.807) is 32.0 Å². The molecule has 0 aliphatic rings. The molecule has 0 aliphatic carbocycles. The average Bonchev–Trinajstić information content (AvgIpc) is 2.59. The van der Waals surface area contributed by atoms with E-state index >= 15 is 0 Å². The molecule has 142 valence electrons. The number of carbonyl (C=O) groups is 1. The number of benzene rings is 1. The Morgan fingerprint density at radius 1 is 1.22 bits per heavy atom. The Labute approximate surface area is 156 Å². The molecule has 1 aromatic heterocycles. The van der Waals surface area contributed by atoms with Crippen LogP contribution in [0.15, 0.2) is 18.2 Å². The Bertz CT molecular complexity index is 877. The van der Waals surface area contributed by atoms with Crippen LogP contribution in [0.25, 0.3) is 11.3 Å². The van der Waals surface area contributed by atoms with Crippen LogP contribution in [0.1, 0.15) is 26.3 Å². The summed E-state index contributed by atoms with van der Waals surface area (Å²) in [4.78, 5) is 19.6. The molecule has 0 saturated heterocycles. The predicted octanol–water partition coefficient (Wildman–Crippen LogP) is 1.91. The number of nitrogens with zero attached hydrogens (tertiary/aromatic N) is 3. The molecular weight excluding hydrogens is 350 g/mol. The van der Waals surface area contributed by atoms with Crippen LogP contribution in [0.4, 0.5) is 11.8 Å². The number of anilines is 2. The standard InChI is InChI=1S/C18H21N5O4/c1-4-25-14-7-11(16-12(8-19)17(20)23-18(21)22-16)5-6-13(14)26-9-15(24)27-10(2)3/h5-7,10H,4,9H2,1-3H3,(H4,20,21,22,23). The molecule has 1 aromatic carbocycles. The normalized spacial score (nSPS) is 10.3. The van der Waals surface area contributed by atoms with Gasteiger partial charge in [-0.2, -0.15) is 10.2 Å². The van der Waals surface area contributed by atoms with Gasteiger partial charge in [0.05, 0.1) is 18.4 Å². The third-order valence-electron chi connectivity index (χ3n) is 3.30. The van der Waals surface area contributed by atoms with Crippen LogP contribution in [0, 0.1) is 11.3 Å². The van der Waals surface area contributed by atoms with Gasteiger partial charge in [0.15, 0.2) is 18.1 Å². The van der Waals surface area contributed by atoms with Crippen molar-refractivity contribution in [2.45, 2.75) is 26.9 Å². The van der Waals surface area contributed by atoms with Crippen molar-refractivity contribution in [1.82, 2.24) is 9.97 Å². The molecule has 0 aliphatic heterocycles. The van der Waals surface area contributed by atoms with Crippen LogP contribution in [0.5, 0.6) is 11.5 Å². The molecule has 0 saturated carbocycles. The van der Waals surface area contributed by atoms with Gasteiger partial charge in [-0.3, -0.25) is 0 Å². The summed E-state index contributed by atoms with van der Waals surface area (Å²) in [7, 11) is 0. The number of rotatable bonds is 7. The van der Waals surface area contributed by atoms with Gasteiger partial charge in [-0.15, -0.1) is 0 Å². The van der Waals surface area contributed by atoms with E-state index in [1.807, 2.05) is 13.0 Å². The van der Waals surface area contributed by atoms with Crippen molar-refractivity contribution < 1.29 is 19.0 Å². The first-order valence-electron chi connectivity index (χ1n) is 8.28. The van der Waals surface area contributed by atoms with Gasteiger partial charge in [-0.1, -0.05) is 0 Å². The Kier molecular flexibility index (Phi) is 6.38. The minimum Gasteiger partial charge on any atom is -0.490 e. The van der Waals surface area contributed by atoms with Gasteiger partial charge >= 0.3 is 5.97 Å². The second-order valence-electron chi connectivity index (χ2n) is 5.72. The highest BCUT2D eigenvalue weighted by Crippen LogP contribution is 2.34. The minimum absolute atomic E-state index is 0.00489. The number of nitrogens with two attached hydrogens (primary N) is 2. The average molecular weight is 371 g/mol. The van der Waals surface area contributed by atoms with E-state index in [9.17, 15) is 10.1 Å². The van der Waals surface area contributed by atoms with Crippen molar-refractivity contribution in [3.63, 3.8) is 0 Å². The van der Waals surface area contributed by atoms with Crippen LogP contribution in [-0.4, -0.2) is 35.3 Å². The Hall–Kier alpha value is -3.54.